The van der Waals surface area contributed by atoms with Gasteiger partial charge in [0.15, 0.2) is 0 Å². The number of anilines is 3. The van der Waals surface area contributed by atoms with E-state index in [0.717, 1.165) is 66.0 Å². The average Bonchev–Trinajstić information content (AvgIpc) is 2.94. The zero-order chi connectivity index (χ0) is 28.1. The summed E-state index contributed by atoms with van der Waals surface area (Å²) in [4.78, 5) is 36.7. The van der Waals surface area contributed by atoms with Crippen molar-refractivity contribution in [2.45, 2.75) is 52.4 Å². The van der Waals surface area contributed by atoms with E-state index in [9.17, 15) is 9.59 Å². The van der Waals surface area contributed by atoms with Gasteiger partial charge in [0.25, 0.3) is 0 Å². The van der Waals surface area contributed by atoms with Crippen LogP contribution in [0.25, 0.3) is 11.3 Å². The number of rotatable bonds is 9. The topological polar surface area (TPSA) is 99.7 Å². The fraction of sp³-hybridized carbons (Fsp3) is 0.419. The molecule has 0 atom stereocenters. The van der Waals surface area contributed by atoms with Crippen molar-refractivity contribution < 1.29 is 14.3 Å². The van der Waals surface area contributed by atoms with E-state index < -0.39 is 0 Å². The van der Waals surface area contributed by atoms with Crippen LogP contribution in [0, 0.1) is 12.8 Å². The lowest BCUT2D eigenvalue weighted by Gasteiger charge is -2.39. The van der Waals surface area contributed by atoms with Gasteiger partial charge < -0.3 is 30.0 Å². The van der Waals surface area contributed by atoms with Crippen molar-refractivity contribution in [3.63, 3.8) is 0 Å². The molecular formula is C31H38N6O3. The fourth-order valence-electron chi connectivity index (χ4n) is 5.17. The number of aromatic nitrogens is 2. The highest BCUT2D eigenvalue weighted by atomic mass is 16.5. The number of carbonyl (C=O) groups is 2. The van der Waals surface area contributed by atoms with Gasteiger partial charge in [-0.3, -0.25) is 0 Å². The van der Waals surface area contributed by atoms with Crippen LogP contribution in [0.1, 0.15) is 37.8 Å². The molecule has 0 aliphatic carbocycles. The largest absolute Gasteiger partial charge is 0.372 e. The van der Waals surface area contributed by atoms with E-state index in [0.29, 0.717) is 25.6 Å². The van der Waals surface area contributed by atoms with E-state index >= 15 is 0 Å². The Morgan fingerprint density at radius 2 is 1.85 bits per heavy atom. The number of piperidine rings is 1. The Kier molecular flexibility index (Phi) is 8.60. The van der Waals surface area contributed by atoms with Crippen LogP contribution in [0.2, 0.25) is 0 Å². The van der Waals surface area contributed by atoms with E-state index in [1.807, 2.05) is 51.1 Å². The number of aryl methyl sites for hydroxylation is 1. The predicted octanol–water partition coefficient (Wildman–Crippen LogP) is 4.93. The van der Waals surface area contributed by atoms with Crippen molar-refractivity contribution in [3.05, 3.63) is 65.9 Å². The Morgan fingerprint density at radius 3 is 2.52 bits per heavy atom. The molecule has 2 aliphatic heterocycles. The Labute approximate surface area is 236 Å². The average molecular weight is 543 g/mol. The summed E-state index contributed by atoms with van der Waals surface area (Å²) >= 11 is 0. The Morgan fingerprint density at radius 1 is 1.10 bits per heavy atom. The van der Waals surface area contributed by atoms with Crippen LogP contribution < -0.4 is 15.5 Å². The number of nitrogens with zero attached hydrogens (tertiary/aromatic N) is 4. The van der Waals surface area contributed by atoms with Crippen molar-refractivity contribution in [1.29, 1.82) is 0 Å². The summed E-state index contributed by atoms with van der Waals surface area (Å²) in [5, 5.41) is 6.33. The molecule has 1 aromatic heterocycles. The second-order valence-electron chi connectivity index (χ2n) is 10.9. The first-order valence-corrected chi connectivity index (χ1v) is 14.1. The van der Waals surface area contributed by atoms with Crippen molar-refractivity contribution >= 4 is 29.6 Å². The van der Waals surface area contributed by atoms with Gasteiger partial charge in [-0.2, -0.15) is 0 Å². The molecule has 210 valence electrons. The van der Waals surface area contributed by atoms with Gasteiger partial charge in [-0.05, 0) is 81.1 Å². The van der Waals surface area contributed by atoms with Crippen LogP contribution >= 0.6 is 0 Å². The number of likely N-dealkylation sites (tertiary alicyclic amines) is 1. The molecule has 9 nitrogen and oxygen atoms in total. The number of hydrogen-bond donors (Lipinski definition) is 2. The zero-order valence-corrected chi connectivity index (χ0v) is 23.5. The van der Waals surface area contributed by atoms with Gasteiger partial charge in [-0.15, -0.1) is 0 Å². The standard InChI is InChI=1S/C31H38N6O3/c1-21(2)40-28-18-37(19-28)31(39)33-17-25-5-4-24(16-22(25)3)29-10-13-32-30(35-29)34-26-6-8-27(9-7-26)36-14-11-23(20-38)12-15-36/h4-10,13,16,20-21,23,28H,11-12,14-15,17-19H2,1-3H3,(H,33,39)(H,32,34,35). The molecule has 3 aromatic rings. The number of benzene rings is 2. The van der Waals surface area contributed by atoms with Gasteiger partial charge in [-0.1, -0.05) is 12.1 Å². The molecule has 0 saturated carbocycles. The number of aldehydes is 1. The van der Waals surface area contributed by atoms with E-state index in [1.165, 1.54) is 0 Å². The molecule has 3 heterocycles. The molecule has 2 aromatic carbocycles. The van der Waals surface area contributed by atoms with Gasteiger partial charge in [0.05, 0.1) is 31.0 Å². The third-order valence-electron chi connectivity index (χ3n) is 7.54. The van der Waals surface area contributed by atoms with Crippen LogP contribution in [0.5, 0.6) is 0 Å². The second-order valence-corrected chi connectivity index (χ2v) is 10.9. The van der Waals surface area contributed by atoms with Crippen molar-refractivity contribution in [3.8, 4) is 11.3 Å². The summed E-state index contributed by atoms with van der Waals surface area (Å²) in [6, 6.07) is 16.2. The molecule has 0 radical (unpaired) electrons. The minimum Gasteiger partial charge on any atom is -0.372 e. The summed E-state index contributed by atoms with van der Waals surface area (Å²) < 4.78 is 5.73. The lowest BCUT2D eigenvalue weighted by Crippen LogP contribution is -2.58. The number of amides is 2. The predicted molar refractivity (Wildman–Crippen MR) is 157 cm³/mol. The van der Waals surface area contributed by atoms with Gasteiger partial charge in [0, 0.05) is 48.7 Å². The maximum atomic E-state index is 12.5. The smallest absolute Gasteiger partial charge is 0.317 e. The molecule has 5 rings (SSSR count). The first-order valence-electron chi connectivity index (χ1n) is 14.1. The Balaban J connectivity index is 1.16. The van der Waals surface area contributed by atoms with Crippen LogP contribution in [-0.2, 0) is 16.1 Å². The molecule has 0 bridgehead atoms. The molecular weight excluding hydrogens is 504 g/mol. The Bertz CT molecular complexity index is 1310. The van der Waals surface area contributed by atoms with Crippen LogP contribution in [0.3, 0.4) is 0 Å². The fourth-order valence-corrected chi connectivity index (χ4v) is 5.17. The molecule has 0 spiro atoms. The number of hydrogen-bond acceptors (Lipinski definition) is 7. The summed E-state index contributed by atoms with van der Waals surface area (Å²) in [5.74, 6) is 0.719. The number of carbonyl (C=O) groups excluding carboxylic acids is 2. The van der Waals surface area contributed by atoms with Crippen LogP contribution in [0.4, 0.5) is 22.1 Å². The quantitative estimate of drug-likeness (QED) is 0.370. The molecule has 0 unspecified atom stereocenters. The monoisotopic (exact) mass is 542 g/mol. The van der Waals surface area contributed by atoms with Crippen molar-refractivity contribution in [2.75, 3.05) is 36.4 Å². The van der Waals surface area contributed by atoms with E-state index in [2.05, 4.69) is 38.7 Å². The summed E-state index contributed by atoms with van der Waals surface area (Å²) in [5.41, 5.74) is 6.03. The number of urea groups is 1. The van der Waals surface area contributed by atoms with E-state index in [-0.39, 0.29) is 24.2 Å². The second kappa shape index (κ2) is 12.5. The summed E-state index contributed by atoms with van der Waals surface area (Å²) in [7, 11) is 0. The Hall–Kier alpha value is -3.98. The molecule has 2 saturated heterocycles. The third kappa shape index (κ3) is 6.77. The van der Waals surface area contributed by atoms with Gasteiger partial charge >= 0.3 is 6.03 Å². The molecule has 2 fully saturated rings. The molecule has 2 N–H and O–H groups in total. The van der Waals surface area contributed by atoms with Crippen molar-refractivity contribution in [1.82, 2.24) is 20.2 Å². The minimum absolute atomic E-state index is 0.0610. The highest BCUT2D eigenvalue weighted by Crippen LogP contribution is 2.26. The van der Waals surface area contributed by atoms with Crippen LogP contribution in [-0.4, -0.2) is 65.6 Å². The van der Waals surface area contributed by atoms with E-state index in [1.54, 1.807) is 11.1 Å². The van der Waals surface area contributed by atoms with Gasteiger partial charge in [0.1, 0.15) is 6.29 Å². The minimum atomic E-state index is -0.0610. The lowest BCUT2D eigenvalue weighted by molar-refractivity contribution is -0.111. The highest BCUT2D eigenvalue weighted by Gasteiger charge is 2.31. The number of ether oxygens (including phenoxy) is 1. The highest BCUT2D eigenvalue weighted by molar-refractivity contribution is 5.75. The van der Waals surface area contributed by atoms with Crippen molar-refractivity contribution in [2.24, 2.45) is 5.92 Å². The SMILES string of the molecule is Cc1cc(-c2ccnc(Nc3ccc(N4CCC(C=O)CC4)cc3)n2)ccc1CNC(=O)N1CC(OC(C)C)C1. The summed E-state index contributed by atoms with van der Waals surface area (Å²) in [6.07, 6.45) is 4.97. The third-order valence-corrected chi connectivity index (χ3v) is 7.54. The van der Waals surface area contributed by atoms with Crippen LogP contribution in [0.15, 0.2) is 54.7 Å². The first kappa shape index (κ1) is 27.6. The maximum Gasteiger partial charge on any atom is 0.317 e. The molecule has 9 heteroatoms. The van der Waals surface area contributed by atoms with Gasteiger partial charge in [-0.25, -0.2) is 14.8 Å². The first-order chi connectivity index (χ1) is 19.4. The molecule has 2 aliphatic rings. The molecule has 40 heavy (non-hydrogen) atoms. The van der Waals surface area contributed by atoms with Gasteiger partial charge in [0.2, 0.25) is 5.95 Å². The lowest BCUT2D eigenvalue weighted by atomic mass is 9.98. The van der Waals surface area contributed by atoms with E-state index in [4.69, 9.17) is 9.72 Å². The summed E-state index contributed by atoms with van der Waals surface area (Å²) in [6.45, 7) is 9.61. The normalized spacial score (nSPS) is 16.1. The maximum absolute atomic E-state index is 12.5. The zero-order valence-electron chi connectivity index (χ0n) is 23.5. The molecule has 2 amide bonds. The number of nitrogens with one attached hydrogen (secondary N) is 2.